The van der Waals surface area contributed by atoms with Gasteiger partial charge < -0.3 is 4.74 Å². The molecule has 1 heterocycles. The number of carbonyl (C=O) groups excluding carboxylic acids is 1. The Bertz CT molecular complexity index is 782. The van der Waals surface area contributed by atoms with E-state index in [1.54, 1.807) is 35.0 Å². The zero-order valence-electron chi connectivity index (χ0n) is 13.9. The van der Waals surface area contributed by atoms with Crippen molar-refractivity contribution < 1.29 is 17.9 Å². The minimum Gasteiger partial charge on any atom is -0.466 e. The first-order valence-electron chi connectivity index (χ1n) is 7.83. The average Bonchev–Trinajstić information content (AvgIpc) is 2.88. The Kier molecular flexibility index (Phi) is 6.14. The molecule has 2 aromatic rings. The third kappa shape index (κ3) is 5.19. The summed E-state index contributed by atoms with van der Waals surface area (Å²) in [7, 11) is -3.32. The number of benzene rings is 1. The zero-order chi connectivity index (χ0) is 17.6. The van der Waals surface area contributed by atoms with Crippen LogP contribution in [0.5, 0.6) is 0 Å². The number of hydrogen-bond donors (Lipinski definition) is 0. The van der Waals surface area contributed by atoms with E-state index in [-0.39, 0.29) is 31.2 Å². The van der Waals surface area contributed by atoms with E-state index in [4.69, 9.17) is 4.74 Å². The number of ether oxygens (including phenoxy) is 1. The third-order valence-corrected chi connectivity index (χ3v) is 5.37. The lowest BCUT2D eigenvalue weighted by Gasteiger charge is -2.07. The quantitative estimate of drug-likeness (QED) is 0.539. The van der Waals surface area contributed by atoms with Crippen LogP contribution in [0.2, 0.25) is 0 Å². The van der Waals surface area contributed by atoms with E-state index < -0.39 is 9.84 Å². The number of hydrogen-bond acceptors (Lipinski definition) is 5. The van der Waals surface area contributed by atoms with Gasteiger partial charge in [0, 0.05) is 5.69 Å². The van der Waals surface area contributed by atoms with Crippen LogP contribution in [0.4, 0.5) is 0 Å². The second-order valence-corrected chi connectivity index (χ2v) is 7.72. The van der Waals surface area contributed by atoms with Crippen LogP contribution in [0.15, 0.2) is 41.3 Å². The van der Waals surface area contributed by atoms with Gasteiger partial charge in [0.2, 0.25) is 0 Å². The van der Waals surface area contributed by atoms with Gasteiger partial charge in [0.15, 0.2) is 9.84 Å². The molecule has 0 fully saturated rings. The van der Waals surface area contributed by atoms with Crippen molar-refractivity contribution in [2.24, 2.45) is 0 Å². The van der Waals surface area contributed by atoms with Gasteiger partial charge in [0.05, 0.1) is 35.9 Å². The highest BCUT2D eigenvalue weighted by Gasteiger charge is 2.14. The number of sulfone groups is 1. The molecule has 1 aromatic carbocycles. The number of rotatable bonds is 8. The van der Waals surface area contributed by atoms with Crippen LogP contribution >= 0.6 is 0 Å². The van der Waals surface area contributed by atoms with E-state index in [2.05, 4.69) is 5.10 Å². The molecule has 130 valence electrons. The lowest BCUT2D eigenvalue weighted by atomic mass is 10.4. The fourth-order valence-electron chi connectivity index (χ4n) is 2.35. The number of nitrogens with zero attached hydrogens (tertiary/aromatic N) is 2. The molecule has 0 radical (unpaired) electrons. The standard InChI is InChI=1S/C17H22N2O4S/c1-14-13-15(2)19(18-14)10-9-17(20)23-11-6-12-24(21,22)16-7-4-3-5-8-16/h3-5,7-8,13H,6,9-12H2,1-2H3. The minimum atomic E-state index is -3.32. The largest absolute Gasteiger partial charge is 0.466 e. The van der Waals surface area contributed by atoms with Crippen molar-refractivity contribution in [2.45, 2.75) is 38.1 Å². The smallest absolute Gasteiger partial charge is 0.307 e. The molecule has 0 atom stereocenters. The molecular formula is C17H22N2O4S. The highest BCUT2D eigenvalue weighted by molar-refractivity contribution is 7.91. The van der Waals surface area contributed by atoms with Crippen molar-refractivity contribution in [1.82, 2.24) is 9.78 Å². The molecule has 2 rings (SSSR count). The van der Waals surface area contributed by atoms with Crippen LogP contribution in [0.3, 0.4) is 0 Å². The Morgan fingerprint density at radius 2 is 1.92 bits per heavy atom. The van der Waals surface area contributed by atoms with E-state index in [0.29, 0.717) is 11.4 Å². The van der Waals surface area contributed by atoms with Crippen molar-refractivity contribution in [3.63, 3.8) is 0 Å². The van der Waals surface area contributed by atoms with Gasteiger partial charge in [0.25, 0.3) is 0 Å². The van der Waals surface area contributed by atoms with Crippen molar-refractivity contribution in [3.8, 4) is 0 Å². The van der Waals surface area contributed by atoms with E-state index in [1.165, 1.54) is 0 Å². The molecule has 0 saturated carbocycles. The molecule has 0 bridgehead atoms. The van der Waals surface area contributed by atoms with Crippen molar-refractivity contribution in [2.75, 3.05) is 12.4 Å². The summed E-state index contributed by atoms with van der Waals surface area (Å²) >= 11 is 0. The van der Waals surface area contributed by atoms with Gasteiger partial charge in [0.1, 0.15) is 0 Å². The second kappa shape index (κ2) is 8.10. The number of aromatic nitrogens is 2. The molecule has 0 amide bonds. The molecule has 24 heavy (non-hydrogen) atoms. The summed E-state index contributed by atoms with van der Waals surface area (Å²) in [6, 6.07) is 10.2. The molecule has 0 spiro atoms. The zero-order valence-corrected chi connectivity index (χ0v) is 14.8. The van der Waals surface area contributed by atoms with Crippen LogP contribution in [-0.2, 0) is 25.9 Å². The highest BCUT2D eigenvalue weighted by atomic mass is 32.2. The van der Waals surface area contributed by atoms with Crippen LogP contribution in [-0.4, -0.2) is 36.5 Å². The molecule has 0 aliphatic carbocycles. The van der Waals surface area contributed by atoms with Crippen molar-refractivity contribution in [3.05, 3.63) is 47.8 Å². The lowest BCUT2D eigenvalue weighted by Crippen LogP contribution is -2.14. The van der Waals surface area contributed by atoms with Crippen molar-refractivity contribution >= 4 is 15.8 Å². The van der Waals surface area contributed by atoms with Crippen LogP contribution in [0.25, 0.3) is 0 Å². The van der Waals surface area contributed by atoms with E-state index in [1.807, 2.05) is 19.9 Å². The van der Waals surface area contributed by atoms with Gasteiger partial charge in [-0.3, -0.25) is 9.48 Å². The first-order chi connectivity index (χ1) is 11.4. The molecule has 7 heteroatoms. The maximum atomic E-state index is 12.1. The molecule has 6 nitrogen and oxygen atoms in total. The molecule has 0 aliphatic rings. The van der Waals surface area contributed by atoms with Gasteiger partial charge in [-0.1, -0.05) is 18.2 Å². The molecular weight excluding hydrogens is 328 g/mol. The molecule has 0 aliphatic heterocycles. The van der Waals surface area contributed by atoms with Gasteiger partial charge in [-0.2, -0.15) is 5.10 Å². The topological polar surface area (TPSA) is 78.3 Å². The Labute approximate surface area is 142 Å². The lowest BCUT2D eigenvalue weighted by molar-refractivity contribution is -0.143. The fraction of sp³-hybridized carbons (Fsp3) is 0.412. The Morgan fingerprint density at radius 1 is 1.21 bits per heavy atom. The summed E-state index contributed by atoms with van der Waals surface area (Å²) in [5, 5.41) is 4.27. The van der Waals surface area contributed by atoms with Crippen LogP contribution < -0.4 is 0 Å². The maximum absolute atomic E-state index is 12.1. The van der Waals surface area contributed by atoms with Gasteiger partial charge >= 0.3 is 5.97 Å². The highest BCUT2D eigenvalue weighted by Crippen LogP contribution is 2.11. The average molecular weight is 350 g/mol. The maximum Gasteiger partial charge on any atom is 0.307 e. The van der Waals surface area contributed by atoms with Crippen LogP contribution in [0, 0.1) is 13.8 Å². The molecule has 0 saturated heterocycles. The normalized spacial score (nSPS) is 11.4. The number of aryl methyl sites for hydroxylation is 3. The molecule has 0 N–H and O–H groups in total. The van der Waals surface area contributed by atoms with E-state index in [9.17, 15) is 13.2 Å². The summed E-state index contributed by atoms with van der Waals surface area (Å²) in [5.74, 6) is -0.387. The summed E-state index contributed by atoms with van der Waals surface area (Å²) < 4.78 is 31.0. The molecule has 0 unspecified atom stereocenters. The summed E-state index contributed by atoms with van der Waals surface area (Å²) in [6.07, 6.45) is 0.496. The van der Waals surface area contributed by atoms with Gasteiger partial charge in [-0.15, -0.1) is 0 Å². The summed E-state index contributed by atoms with van der Waals surface area (Å²) in [6.45, 7) is 4.39. The minimum absolute atomic E-state index is 0.0399. The SMILES string of the molecule is Cc1cc(C)n(CCC(=O)OCCCS(=O)(=O)c2ccccc2)n1. The van der Waals surface area contributed by atoms with E-state index >= 15 is 0 Å². The number of carbonyl (C=O) groups is 1. The monoisotopic (exact) mass is 350 g/mol. The van der Waals surface area contributed by atoms with Crippen molar-refractivity contribution in [1.29, 1.82) is 0 Å². The third-order valence-electron chi connectivity index (χ3n) is 3.55. The first-order valence-corrected chi connectivity index (χ1v) is 9.48. The summed E-state index contributed by atoms with van der Waals surface area (Å²) in [4.78, 5) is 12.0. The van der Waals surface area contributed by atoms with Gasteiger partial charge in [-0.25, -0.2) is 8.42 Å². The number of esters is 1. The Morgan fingerprint density at radius 3 is 2.54 bits per heavy atom. The summed E-state index contributed by atoms with van der Waals surface area (Å²) in [5.41, 5.74) is 1.90. The predicted octanol–water partition coefficient (Wildman–Crippen LogP) is 2.30. The van der Waals surface area contributed by atoms with Gasteiger partial charge in [-0.05, 0) is 38.5 Å². The predicted molar refractivity (Wildman–Crippen MR) is 90.4 cm³/mol. The molecule has 1 aromatic heterocycles. The van der Waals surface area contributed by atoms with Crippen LogP contribution in [0.1, 0.15) is 24.2 Å². The second-order valence-electron chi connectivity index (χ2n) is 5.61. The Hall–Kier alpha value is -2.15. The Balaban J connectivity index is 1.70. The van der Waals surface area contributed by atoms with E-state index in [0.717, 1.165) is 11.4 Å². The first kappa shape index (κ1) is 18.2. The fourth-order valence-corrected chi connectivity index (χ4v) is 3.66.